The van der Waals surface area contributed by atoms with E-state index in [1.807, 2.05) is 0 Å². The van der Waals surface area contributed by atoms with Crippen LogP contribution in [0.2, 0.25) is 0 Å². The van der Waals surface area contributed by atoms with Gasteiger partial charge in [0.25, 0.3) is 10.0 Å². The van der Waals surface area contributed by atoms with Gasteiger partial charge in [0.1, 0.15) is 4.21 Å². The third-order valence-corrected chi connectivity index (χ3v) is 10.5. The molecule has 3 aliphatic heterocycles. The number of nitrogens with zero attached hydrogens (tertiary/aromatic N) is 3. The lowest BCUT2D eigenvalue weighted by Crippen LogP contribution is -2.59. The Hall–Kier alpha value is -1.70. The van der Waals surface area contributed by atoms with Gasteiger partial charge in [0.05, 0.1) is 18.8 Å². The van der Waals surface area contributed by atoms with E-state index in [9.17, 15) is 26.7 Å². The molecular weight excluding hydrogens is 503 g/mol. The molecule has 192 valence electrons. The number of ether oxygens (including phenoxy) is 1. The van der Waals surface area contributed by atoms with Gasteiger partial charge >= 0.3 is 6.18 Å². The Morgan fingerprint density at radius 2 is 1.89 bits per heavy atom. The molecule has 5 rings (SSSR count). The quantitative estimate of drug-likeness (QED) is 0.618. The van der Waals surface area contributed by atoms with E-state index in [0.717, 1.165) is 19.9 Å². The van der Waals surface area contributed by atoms with E-state index in [1.54, 1.807) is 29.6 Å². The van der Waals surface area contributed by atoms with Crippen LogP contribution in [0.1, 0.15) is 18.9 Å². The fourth-order valence-corrected chi connectivity index (χ4v) is 7.81. The van der Waals surface area contributed by atoms with Crippen molar-refractivity contribution in [1.29, 1.82) is 0 Å². The van der Waals surface area contributed by atoms with E-state index in [-0.39, 0.29) is 30.8 Å². The highest BCUT2D eigenvalue weighted by atomic mass is 32.2. The molecule has 1 N–H and O–H groups in total. The zero-order chi connectivity index (χ0) is 25.0. The zero-order valence-electron chi connectivity index (χ0n) is 19.2. The summed E-state index contributed by atoms with van der Waals surface area (Å²) >= 11 is 1.18. The molecule has 0 radical (unpaired) electrons. The molecular formula is C23H28F3N3O4S2. The minimum Gasteiger partial charge on any atom is -0.376 e. The number of rotatable bonds is 6. The van der Waals surface area contributed by atoms with Gasteiger partial charge in [-0.2, -0.15) is 17.5 Å². The maximum Gasteiger partial charge on any atom is 0.421 e. The molecule has 0 amide bonds. The first-order valence-corrected chi connectivity index (χ1v) is 13.8. The van der Waals surface area contributed by atoms with Crippen LogP contribution >= 0.6 is 11.3 Å². The number of alkyl halides is 3. The summed E-state index contributed by atoms with van der Waals surface area (Å²) < 4.78 is 73.7. The maximum atomic E-state index is 13.3. The van der Waals surface area contributed by atoms with E-state index < -0.39 is 21.8 Å². The standard InChI is InChI=1S/C23H28F3N3O4S2/c1-22(30,23(24,25)26)16-4-6-17(7-5-16)29-9-8-28(35(31,32)21-3-2-10-34-21)13-19(29)12-27-14-20-11-18(27)15-33-20/h2-7,10,18-20,30H,8-9,11-15H2,1H3/t18-,19-,20?,22+/m1/s1. The minimum absolute atomic E-state index is 0.188. The van der Waals surface area contributed by atoms with Crippen molar-refractivity contribution in [2.45, 2.75) is 47.5 Å². The number of benzene rings is 1. The fourth-order valence-electron chi connectivity index (χ4n) is 5.19. The van der Waals surface area contributed by atoms with Crippen molar-refractivity contribution in [2.75, 3.05) is 44.2 Å². The maximum absolute atomic E-state index is 13.3. The number of hydrogen-bond donors (Lipinski definition) is 1. The zero-order valence-corrected chi connectivity index (χ0v) is 20.8. The molecule has 2 aromatic rings. The number of sulfonamides is 1. The summed E-state index contributed by atoms with van der Waals surface area (Å²) in [7, 11) is -3.62. The first-order valence-electron chi connectivity index (χ1n) is 11.5. The highest BCUT2D eigenvalue weighted by Crippen LogP contribution is 2.39. The summed E-state index contributed by atoms with van der Waals surface area (Å²) in [5.41, 5.74) is -2.49. The van der Waals surface area contributed by atoms with Crippen LogP contribution < -0.4 is 4.90 Å². The first kappa shape index (κ1) is 25.0. The number of piperazine rings is 1. The van der Waals surface area contributed by atoms with E-state index in [2.05, 4.69) is 9.80 Å². The van der Waals surface area contributed by atoms with Gasteiger partial charge in [-0.25, -0.2) is 8.42 Å². The van der Waals surface area contributed by atoms with Crippen LogP contribution in [-0.2, 0) is 20.4 Å². The number of anilines is 1. The Kier molecular flexibility index (Phi) is 6.42. The van der Waals surface area contributed by atoms with Crippen molar-refractivity contribution >= 4 is 27.0 Å². The van der Waals surface area contributed by atoms with Crippen LogP contribution in [0.5, 0.6) is 0 Å². The molecule has 3 aliphatic rings. The lowest BCUT2D eigenvalue weighted by molar-refractivity contribution is -0.258. The van der Waals surface area contributed by atoms with Crippen molar-refractivity contribution in [1.82, 2.24) is 9.21 Å². The predicted octanol–water partition coefficient (Wildman–Crippen LogP) is 2.87. The van der Waals surface area contributed by atoms with Crippen LogP contribution in [0.4, 0.5) is 18.9 Å². The van der Waals surface area contributed by atoms with Gasteiger partial charge in [-0.15, -0.1) is 11.3 Å². The second-order valence-electron chi connectivity index (χ2n) is 9.56. The lowest BCUT2D eigenvalue weighted by atomic mass is 9.95. The SMILES string of the molecule is C[C@](O)(c1ccc(N2CCN(S(=O)(=O)c3cccs3)C[C@H]2CN2CC3C[C@@H]2CO3)cc1)C(F)(F)F. The summed E-state index contributed by atoms with van der Waals surface area (Å²) in [5, 5.41) is 11.7. The monoisotopic (exact) mass is 531 g/mol. The summed E-state index contributed by atoms with van der Waals surface area (Å²) in [6.07, 6.45) is -3.63. The van der Waals surface area contributed by atoms with Gasteiger partial charge in [0, 0.05) is 44.5 Å². The number of thiophene rings is 1. The number of hydrogen-bond acceptors (Lipinski definition) is 7. The second kappa shape index (κ2) is 9.00. The summed E-state index contributed by atoms with van der Waals surface area (Å²) in [6.45, 7) is 3.77. The minimum atomic E-state index is -4.80. The molecule has 4 heterocycles. The molecule has 0 saturated carbocycles. The Labute approximate surface area is 206 Å². The molecule has 0 spiro atoms. The molecule has 1 aromatic heterocycles. The first-order chi connectivity index (χ1) is 16.5. The number of morpholine rings is 1. The lowest BCUT2D eigenvalue weighted by Gasteiger charge is -2.44. The number of likely N-dealkylation sites (tertiary alicyclic amines) is 1. The fraction of sp³-hybridized carbons (Fsp3) is 0.565. The Morgan fingerprint density at radius 1 is 1.14 bits per heavy atom. The molecule has 3 fully saturated rings. The molecule has 0 aliphatic carbocycles. The topological polar surface area (TPSA) is 73.3 Å². The normalized spacial score (nSPS) is 27.9. The molecule has 2 bridgehead atoms. The molecule has 1 aromatic carbocycles. The second-order valence-corrected chi connectivity index (χ2v) is 12.7. The van der Waals surface area contributed by atoms with Gasteiger partial charge < -0.3 is 14.7 Å². The van der Waals surface area contributed by atoms with Crippen molar-refractivity contribution in [3.8, 4) is 0 Å². The average molecular weight is 532 g/mol. The van der Waals surface area contributed by atoms with Gasteiger partial charge in [-0.3, -0.25) is 4.90 Å². The molecule has 1 unspecified atom stereocenters. The predicted molar refractivity (Wildman–Crippen MR) is 126 cm³/mol. The number of fused-ring (bicyclic) bond motifs is 2. The van der Waals surface area contributed by atoms with E-state index in [4.69, 9.17) is 4.74 Å². The summed E-state index contributed by atoms with van der Waals surface area (Å²) in [6, 6.07) is 9.16. The van der Waals surface area contributed by atoms with Crippen LogP contribution in [-0.4, -0.2) is 86.4 Å². The van der Waals surface area contributed by atoms with Crippen molar-refractivity contribution in [3.05, 3.63) is 47.3 Å². The molecule has 7 nitrogen and oxygen atoms in total. The van der Waals surface area contributed by atoms with Crippen molar-refractivity contribution < 1.29 is 31.4 Å². The molecule has 3 saturated heterocycles. The van der Waals surface area contributed by atoms with Crippen LogP contribution in [0.15, 0.2) is 46.0 Å². The number of halogens is 3. The third-order valence-electron chi connectivity index (χ3n) is 7.31. The van der Waals surface area contributed by atoms with E-state index in [0.29, 0.717) is 35.6 Å². The van der Waals surface area contributed by atoms with Gasteiger partial charge in [-0.05, 0) is 42.5 Å². The highest BCUT2D eigenvalue weighted by Gasteiger charge is 2.51. The van der Waals surface area contributed by atoms with Crippen molar-refractivity contribution in [2.24, 2.45) is 0 Å². The summed E-state index contributed by atoms with van der Waals surface area (Å²) in [5.74, 6) is 0. The van der Waals surface area contributed by atoms with Crippen LogP contribution in [0.3, 0.4) is 0 Å². The smallest absolute Gasteiger partial charge is 0.376 e. The van der Waals surface area contributed by atoms with Gasteiger partial charge in [-0.1, -0.05) is 18.2 Å². The third kappa shape index (κ3) is 4.60. The molecule has 35 heavy (non-hydrogen) atoms. The summed E-state index contributed by atoms with van der Waals surface area (Å²) in [4.78, 5) is 4.40. The Bertz CT molecular complexity index is 1140. The number of aliphatic hydroxyl groups is 1. The Morgan fingerprint density at radius 3 is 2.46 bits per heavy atom. The Balaban J connectivity index is 1.40. The van der Waals surface area contributed by atoms with Crippen molar-refractivity contribution in [3.63, 3.8) is 0 Å². The van der Waals surface area contributed by atoms with Gasteiger partial charge in [0.2, 0.25) is 0 Å². The highest BCUT2D eigenvalue weighted by molar-refractivity contribution is 7.91. The van der Waals surface area contributed by atoms with E-state index >= 15 is 0 Å². The largest absolute Gasteiger partial charge is 0.421 e. The van der Waals surface area contributed by atoms with Crippen LogP contribution in [0.25, 0.3) is 0 Å². The van der Waals surface area contributed by atoms with E-state index in [1.165, 1.54) is 27.8 Å². The average Bonchev–Trinajstić information content (AvgIpc) is 3.57. The molecule has 12 heteroatoms. The van der Waals surface area contributed by atoms with Gasteiger partial charge in [0.15, 0.2) is 5.60 Å². The molecule has 4 atom stereocenters. The van der Waals surface area contributed by atoms with Crippen LogP contribution in [0, 0.1) is 0 Å².